The molecule has 0 saturated heterocycles. The van der Waals surface area contributed by atoms with Crippen molar-refractivity contribution in [3.63, 3.8) is 0 Å². The molecular weight excluding hydrogens is 287 g/mol. The van der Waals surface area contributed by atoms with Crippen LogP contribution in [0.15, 0.2) is 28.7 Å². The summed E-state index contributed by atoms with van der Waals surface area (Å²) < 4.78 is 37.0. The van der Waals surface area contributed by atoms with Gasteiger partial charge in [-0.1, -0.05) is 34.1 Å². The Morgan fingerprint density at radius 2 is 1.94 bits per heavy atom. The third kappa shape index (κ3) is 3.23. The molecule has 0 aliphatic carbocycles. The Hall–Kier alpha value is -1.04. The molecule has 0 atom stereocenters. The average molecular weight is 296 g/mol. The van der Waals surface area contributed by atoms with E-state index < -0.39 is 12.1 Å². The van der Waals surface area contributed by atoms with E-state index in [2.05, 4.69) is 15.9 Å². The number of benzene rings is 1. The quantitative estimate of drug-likeness (QED) is 0.821. The lowest BCUT2D eigenvalue weighted by Crippen LogP contribution is -2.38. The molecule has 0 aliphatic rings. The van der Waals surface area contributed by atoms with Crippen molar-refractivity contribution in [2.24, 2.45) is 0 Å². The first-order valence-electron chi connectivity index (χ1n) is 4.38. The van der Waals surface area contributed by atoms with Crippen molar-refractivity contribution in [2.45, 2.75) is 12.7 Å². The van der Waals surface area contributed by atoms with Gasteiger partial charge in [0.05, 0.1) is 0 Å². The summed E-state index contributed by atoms with van der Waals surface area (Å²) in [6, 6.07) is 6.82. The summed E-state index contributed by atoms with van der Waals surface area (Å²) in [6.45, 7) is -0.0836. The Bertz CT molecular complexity index is 392. The van der Waals surface area contributed by atoms with Gasteiger partial charge < -0.3 is 4.90 Å². The molecule has 0 unspecified atom stereocenters. The van der Waals surface area contributed by atoms with E-state index in [1.807, 2.05) is 0 Å². The van der Waals surface area contributed by atoms with Crippen LogP contribution < -0.4 is 0 Å². The minimum Gasteiger partial charge on any atom is -0.334 e. The number of amides is 1. The van der Waals surface area contributed by atoms with Gasteiger partial charge in [0.25, 0.3) is 0 Å². The maximum atomic E-state index is 12.1. The monoisotopic (exact) mass is 295 g/mol. The molecule has 6 heteroatoms. The third-order valence-corrected chi connectivity index (χ3v) is 2.73. The van der Waals surface area contributed by atoms with Gasteiger partial charge in [0.2, 0.25) is 0 Å². The van der Waals surface area contributed by atoms with E-state index in [0.717, 1.165) is 7.05 Å². The number of halogens is 4. The van der Waals surface area contributed by atoms with Gasteiger partial charge in [0.15, 0.2) is 0 Å². The fraction of sp³-hybridized carbons (Fsp3) is 0.300. The molecule has 0 heterocycles. The van der Waals surface area contributed by atoms with Crippen LogP contribution >= 0.6 is 15.9 Å². The molecule has 0 aliphatic heterocycles. The Morgan fingerprint density at radius 1 is 1.38 bits per heavy atom. The first kappa shape index (κ1) is 13.0. The number of rotatable bonds is 2. The first-order chi connectivity index (χ1) is 7.32. The highest BCUT2D eigenvalue weighted by atomic mass is 79.9. The fourth-order valence-corrected chi connectivity index (χ4v) is 1.58. The van der Waals surface area contributed by atoms with Crippen LogP contribution in [0, 0.1) is 0 Å². The standard InChI is InChI=1S/C10H9BrF3NO/c1-15(9(16)10(12,13)14)6-7-4-2-3-5-8(7)11/h2-5H,6H2,1H3. The molecule has 1 aromatic carbocycles. The number of nitrogens with zero attached hydrogens (tertiary/aromatic N) is 1. The smallest absolute Gasteiger partial charge is 0.334 e. The van der Waals surface area contributed by atoms with Crippen molar-refractivity contribution >= 4 is 21.8 Å². The second-order valence-electron chi connectivity index (χ2n) is 3.25. The zero-order chi connectivity index (χ0) is 12.3. The van der Waals surface area contributed by atoms with Gasteiger partial charge in [-0.15, -0.1) is 0 Å². The van der Waals surface area contributed by atoms with Crippen molar-refractivity contribution in [1.82, 2.24) is 4.90 Å². The minimum atomic E-state index is -4.82. The van der Waals surface area contributed by atoms with Crippen LogP contribution in [0.4, 0.5) is 13.2 Å². The number of alkyl halides is 3. The van der Waals surface area contributed by atoms with E-state index in [9.17, 15) is 18.0 Å². The second kappa shape index (κ2) is 4.86. The van der Waals surface area contributed by atoms with Crippen molar-refractivity contribution in [3.05, 3.63) is 34.3 Å². The van der Waals surface area contributed by atoms with E-state index in [4.69, 9.17) is 0 Å². The first-order valence-corrected chi connectivity index (χ1v) is 5.17. The molecule has 0 fully saturated rings. The second-order valence-corrected chi connectivity index (χ2v) is 4.10. The van der Waals surface area contributed by atoms with Crippen LogP contribution in [0.5, 0.6) is 0 Å². The molecule has 0 aromatic heterocycles. The molecule has 1 aromatic rings. The molecule has 1 rings (SSSR count). The third-order valence-electron chi connectivity index (χ3n) is 1.95. The number of carbonyl (C=O) groups excluding carboxylic acids is 1. The van der Waals surface area contributed by atoms with Gasteiger partial charge in [0, 0.05) is 18.1 Å². The highest BCUT2D eigenvalue weighted by Gasteiger charge is 2.41. The summed E-state index contributed by atoms with van der Waals surface area (Å²) in [5.74, 6) is -1.84. The van der Waals surface area contributed by atoms with Gasteiger partial charge in [-0.25, -0.2) is 0 Å². The Balaban J connectivity index is 2.76. The molecule has 0 radical (unpaired) electrons. The lowest BCUT2D eigenvalue weighted by atomic mass is 10.2. The van der Waals surface area contributed by atoms with E-state index in [1.165, 1.54) is 0 Å². The summed E-state index contributed by atoms with van der Waals surface area (Å²) in [4.78, 5) is 11.5. The fourth-order valence-electron chi connectivity index (χ4n) is 1.17. The van der Waals surface area contributed by atoms with Gasteiger partial charge in [0.1, 0.15) is 0 Å². The van der Waals surface area contributed by atoms with Crippen molar-refractivity contribution < 1.29 is 18.0 Å². The van der Waals surface area contributed by atoms with Gasteiger partial charge >= 0.3 is 12.1 Å². The normalized spacial score (nSPS) is 11.3. The van der Waals surface area contributed by atoms with Crippen LogP contribution in [0.3, 0.4) is 0 Å². The minimum absolute atomic E-state index is 0.0836. The van der Waals surface area contributed by atoms with Crippen molar-refractivity contribution in [2.75, 3.05) is 7.05 Å². The van der Waals surface area contributed by atoms with Crippen LogP contribution in [0.25, 0.3) is 0 Å². The van der Waals surface area contributed by atoms with E-state index in [1.54, 1.807) is 24.3 Å². The Morgan fingerprint density at radius 3 is 2.44 bits per heavy atom. The topological polar surface area (TPSA) is 20.3 Å². The summed E-state index contributed by atoms with van der Waals surface area (Å²) in [5.41, 5.74) is 0.627. The number of carbonyl (C=O) groups is 1. The van der Waals surface area contributed by atoms with E-state index >= 15 is 0 Å². The molecule has 16 heavy (non-hydrogen) atoms. The lowest BCUT2D eigenvalue weighted by Gasteiger charge is -2.19. The summed E-state index contributed by atoms with van der Waals surface area (Å²) in [7, 11) is 1.12. The molecule has 88 valence electrons. The van der Waals surface area contributed by atoms with Gasteiger partial charge in [-0.3, -0.25) is 4.79 Å². The molecule has 1 amide bonds. The van der Waals surface area contributed by atoms with E-state index in [0.29, 0.717) is 14.9 Å². The zero-order valence-electron chi connectivity index (χ0n) is 8.38. The summed E-state index contributed by atoms with van der Waals surface area (Å²) in [5, 5.41) is 0. The molecule has 2 nitrogen and oxygen atoms in total. The largest absolute Gasteiger partial charge is 0.471 e. The molecule has 0 N–H and O–H groups in total. The van der Waals surface area contributed by atoms with Gasteiger partial charge in [-0.05, 0) is 11.6 Å². The molecule has 0 spiro atoms. The SMILES string of the molecule is CN(Cc1ccccc1Br)C(=O)C(F)(F)F. The maximum absolute atomic E-state index is 12.1. The van der Waals surface area contributed by atoms with E-state index in [-0.39, 0.29) is 6.54 Å². The zero-order valence-corrected chi connectivity index (χ0v) is 9.97. The van der Waals surface area contributed by atoms with Crippen LogP contribution in [-0.2, 0) is 11.3 Å². The van der Waals surface area contributed by atoms with Crippen LogP contribution in [0.2, 0.25) is 0 Å². The lowest BCUT2D eigenvalue weighted by molar-refractivity contribution is -0.184. The van der Waals surface area contributed by atoms with Crippen molar-refractivity contribution in [3.8, 4) is 0 Å². The number of hydrogen-bond donors (Lipinski definition) is 0. The Kier molecular flexibility index (Phi) is 3.96. The maximum Gasteiger partial charge on any atom is 0.471 e. The Labute approximate surface area is 99.2 Å². The van der Waals surface area contributed by atoms with Crippen LogP contribution in [-0.4, -0.2) is 24.0 Å². The van der Waals surface area contributed by atoms with Crippen molar-refractivity contribution in [1.29, 1.82) is 0 Å². The molecular formula is C10H9BrF3NO. The average Bonchev–Trinajstić information content (AvgIpc) is 2.19. The van der Waals surface area contributed by atoms with Crippen LogP contribution in [0.1, 0.15) is 5.56 Å². The molecule has 0 saturated carbocycles. The predicted octanol–water partition coefficient (Wildman–Crippen LogP) is 2.97. The van der Waals surface area contributed by atoms with Gasteiger partial charge in [-0.2, -0.15) is 13.2 Å². The highest BCUT2D eigenvalue weighted by molar-refractivity contribution is 9.10. The summed E-state index contributed by atoms with van der Waals surface area (Å²) in [6.07, 6.45) is -4.82. The summed E-state index contributed by atoms with van der Waals surface area (Å²) >= 11 is 3.21. The molecule has 0 bridgehead atoms. The number of hydrogen-bond acceptors (Lipinski definition) is 1. The highest BCUT2D eigenvalue weighted by Crippen LogP contribution is 2.21. The predicted molar refractivity (Wildman–Crippen MR) is 56.7 cm³/mol.